The minimum Gasteiger partial charge on any atom is -0.369 e. The van der Waals surface area contributed by atoms with Crippen LogP contribution in [0.15, 0.2) is 12.1 Å². The molecule has 4 aliphatic rings. The molecule has 35 heavy (non-hydrogen) atoms. The van der Waals surface area contributed by atoms with Crippen LogP contribution < -0.4 is 0 Å². The molecule has 0 spiro atoms. The van der Waals surface area contributed by atoms with E-state index in [0.717, 1.165) is 92.1 Å². The van der Waals surface area contributed by atoms with Gasteiger partial charge in [-0.1, -0.05) is 62.3 Å². The number of amides is 1. The summed E-state index contributed by atoms with van der Waals surface area (Å²) in [6, 6.07) is 4.60. The molecule has 0 radical (unpaired) electrons. The smallest absolute Gasteiger partial charge is 0.260 e. The highest BCUT2D eigenvalue weighted by atomic mass is 32.1. The molecule has 2 aliphatic carbocycles. The maximum absolute atomic E-state index is 14.3. The molecule has 0 saturated heterocycles. The van der Waals surface area contributed by atoms with E-state index in [0.29, 0.717) is 9.98 Å². The topological polar surface area (TPSA) is 43.8 Å². The van der Waals surface area contributed by atoms with Crippen molar-refractivity contribution in [3.8, 4) is 0 Å². The van der Waals surface area contributed by atoms with Gasteiger partial charge in [-0.05, 0) is 39.5 Å². The minimum atomic E-state index is -0.811. The average molecular weight is 521 g/mol. The fraction of sp³-hybridized carbons (Fsp3) is 0.464. The molecule has 7 rings (SSSR count). The normalized spacial score (nSPS) is 23.1. The number of rotatable bonds is 2. The summed E-state index contributed by atoms with van der Waals surface area (Å²) in [4.78, 5) is 21.9. The Labute approximate surface area is 219 Å². The molecule has 2 saturated carbocycles. The van der Waals surface area contributed by atoms with Crippen molar-refractivity contribution in [1.29, 1.82) is 0 Å². The van der Waals surface area contributed by atoms with Gasteiger partial charge in [0.05, 0.1) is 5.56 Å². The van der Waals surface area contributed by atoms with Gasteiger partial charge in [0.15, 0.2) is 6.23 Å². The molecule has 2 aliphatic heterocycles. The Bertz CT molecular complexity index is 1480. The Kier molecular flexibility index (Phi) is 4.95. The van der Waals surface area contributed by atoms with Crippen molar-refractivity contribution in [2.45, 2.75) is 83.5 Å². The highest BCUT2D eigenvalue weighted by Crippen LogP contribution is 2.51. The number of hydrogen-bond acceptors (Lipinski definition) is 5. The first-order valence-corrected chi connectivity index (χ1v) is 14.4. The SMILES string of the molecule is Cc1sc(C)c2c3c4c(ccc5c4c(c12)C(=O)N(C1CCCC1)C5=S)C(=S)N(C1CCCC1)C3O. The van der Waals surface area contributed by atoms with Crippen LogP contribution in [0.5, 0.6) is 0 Å². The van der Waals surface area contributed by atoms with E-state index >= 15 is 0 Å². The molecule has 0 bridgehead atoms. The Hall–Kier alpha value is -1.93. The number of carbonyl (C=O) groups excluding carboxylic acids is 1. The van der Waals surface area contributed by atoms with Gasteiger partial charge in [-0.3, -0.25) is 9.69 Å². The molecule has 7 heteroatoms. The molecule has 3 heterocycles. The van der Waals surface area contributed by atoms with E-state index in [1.807, 2.05) is 4.90 Å². The molecule has 1 N–H and O–H groups in total. The fourth-order valence-corrected chi connectivity index (χ4v) is 9.20. The number of aryl methyl sites for hydroxylation is 2. The highest BCUT2D eigenvalue weighted by molar-refractivity contribution is 7.81. The Morgan fingerprint density at radius 1 is 0.829 bits per heavy atom. The number of thiocarbonyl (C=S) groups is 2. The van der Waals surface area contributed by atoms with Crippen molar-refractivity contribution < 1.29 is 9.90 Å². The van der Waals surface area contributed by atoms with E-state index in [1.165, 1.54) is 12.8 Å². The van der Waals surface area contributed by atoms with Crippen molar-refractivity contribution in [2.75, 3.05) is 0 Å². The number of thiophene rings is 1. The molecule has 1 atom stereocenters. The summed E-state index contributed by atoms with van der Waals surface area (Å²) in [5, 5.41) is 15.8. The standard InChI is InChI=1S/C28H28N2O2S3/c1-13-19-20(14(2)35-13)24-22-18(28(34)30(26(24)32)16-9-5-6-10-16)12-11-17-21(22)23(19)25(31)29(27(17)33)15-7-3-4-8-15/h11-12,15-16,25,31H,3-10H2,1-2H3. The summed E-state index contributed by atoms with van der Waals surface area (Å²) in [5.74, 6) is 0.0302. The quantitative estimate of drug-likeness (QED) is 0.382. The number of aliphatic hydroxyl groups is 1. The number of aliphatic hydroxyl groups excluding tert-OH is 1. The van der Waals surface area contributed by atoms with Crippen LogP contribution in [0.1, 0.15) is 94.4 Å². The summed E-state index contributed by atoms with van der Waals surface area (Å²) in [6.45, 7) is 4.22. The van der Waals surface area contributed by atoms with Crippen LogP contribution in [-0.2, 0) is 0 Å². The second-order valence-corrected chi connectivity index (χ2v) is 12.8. The lowest BCUT2D eigenvalue weighted by molar-refractivity contribution is 0.0302. The molecule has 1 aromatic heterocycles. The third-order valence-corrected chi connectivity index (χ3v) is 10.6. The van der Waals surface area contributed by atoms with Gasteiger partial charge in [-0.15, -0.1) is 11.3 Å². The van der Waals surface area contributed by atoms with Crippen molar-refractivity contribution in [3.05, 3.63) is 44.1 Å². The molecular formula is C28H28N2O2S3. The molecule has 2 aromatic carbocycles. The molecule has 1 unspecified atom stereocenters. The predicted octanol–water partition coefficient (Wildman–Crippen LogP) is 6.67. The zero-order valence-corrected chi connectivity index (χ0v) is 22.5. The average Bonchev–Trinajstić information content (AvgIpc) is 3.59. The highest BCUT2D eigenvalue weighted by Gasteiger charge is 2.44. The van der Waals surface area contributed by atoms with E-state index in [1.54, 1.807) is 11.3 Å². The van der Waals surface area contributed by atoms with Crippen LogP contribution in [0.3, 0.4) is 0 Å². The van der Waals surface area contributed by atoms with Crippen LogP contribution >= 0.6 is 35.8 Å². The molecule has 1 amide bonds. The van der Waals surface area contributed by atoms with Crippen molar-refractivity contribution >= 4 is 73.2 Å². The Morgan fingerprint density at radius 2 is 1.40 bits per heavy atom. The molecule has 4 nitrogen and oxygen atoms in total. The van der Waals surface area contributed by atoms with Gasteiger partial charge in [-0.25, -0.2) is 0 Å². The molecular weight excluding hydrogens is 493 g/mol. The van der Waals surface area contributed by atoms with Crippen LogP contribution in [0.2, 0.25) is 0 Å². The van der Waals surface area contributed by atoms with E-state index < -0.39 is 6.23 Å². The minimum absolute atomic E-state index is 0.0302. The molecule has 180 valence electrons. The van der Waals surface area contributed by atoms with Gasteiger partial charge in [-0.2, -0.15) is 0 Å². The molecule has 3 aromatic rings. The lowest BCUT2D eigenvalue weighted by atomic mass is 9.81. The fourth-order valence-electron chi connectivity index (χ4n) is 7.30. The first-order chi connectivity index (χ1) is 16.9. The van der Waals surface area contributed by atoms with Gasteiger partial charge in [0.2, 0.25) is 0 Å². The lowest BCUT2D eigenvalue weighted by Crippen LogP contribution is -2.47. The predicted molar refractivity (Wildman–Crippen MR) is 150 cm³/mol. The van der Waals surface area contributed by atoms with Gasteiger partial charge < -0.3 is 10.0 Å². The maximum atomic E-state index is 14.3. The van der Waals surface area contributed by atoms with Crippen molar-refractivity contribution in [1.82, 2.24) is 9.80 Å². The van der Waals surface area contributed by atoms with Gasteiger partial charge in [0.25, 0.3) is 5.91 Å². The summed E-state index contributed by atoms with van der Waals surface area (Å²) >= 11 is 13.8. The first kappa shape index (κ1) is 22.3. The zero-order chi connectivity index (χ0) is 24.2. The van der Waals surface area contributed by atoms with Gasteiger partial charge in [0, 0.05) is 60.1 Å². The number of benzene rings is 2. The van der Waals surface area contributed by atoms with Crippen molar-refractivity contribution in [3.63, 3.8) is 0 Å². The van der Waals surface area contributed by atoms with Crippen LogP contribution in [0.25, 0.3) is 21.5 Å². The van der Waals surface area contributed by atoms with E-state index in [2.05, 4.69) is 30.9 Å². The monoisotopic (exact) mass is 520 g/mol. The van der Waals surface area contributed by atoms with E-state index in [4.69, 9.17) is 24.4 Å². The lowest BCUT2D eigenvalue weighted by Gasteiger charge is -2.42. The van der Waals surface area contributed by atoms with Crippen molar-refractivity contribution in [2.24, 2.45) is 0 Å². The number of nitrogens with zero attached hydrogens (tertiary/aromatic N) is 2. The zero-order valence-electron chi connectivity index (χ0n) is 20.0. The van der Waals surface area contributed by atoms with Gasteiger partial charge in [0.1, 0.15) is 9.98 Å². The maximum Gasteiger partial charge on any atom is 0.260 e. The third-order valence-electron chi connectivity index (χ3n) is 8.78. The first-order valence-electron chi connectivity index (χ1n) is 12.8. The largest absolute Gasteiger partial charge is 0.369 e. The summed E-state index contributed by atoms with van der Waals surface area (Å²) in [6.07, 6.45) is 7.92. The second-order valence-electron chi connectivity index (χ2n) is 10.6. The number of carbonyl (C=O) groups is 1. The summed E-state index contributed by atoms with van der Waals surface area (Å²) in [7, 11) is 0. The second kappa shape index (κ2) is 7.78. The summed E-state index contributed by atoms with van der Waals surface area (Å²) < 4.78 is 0. The van der Waals surface area contributed by atoms with Gasteiger partial charge >= 0.3 is 0 Å². The third kappa shape index (κ3) is 2.84. The Morgan fingerprint density at radius 3 is 2.06 bits per heavy atom. The van der Waals surface area contributed by atoms with E-state index in [9.17, 15) is 9.90 Å². The summed E-state index contributed by atoms with van der Waals surface area (Å²) in [5.41, 5.74) is 3.59. The van der Waals surface area contributed by atoms with Crippen LogP contribution in [-0.4, -0.2) is 42.9 Å². The number of hydrogen-bond donors (Lipinski definition) is 1. The Balaban J connectivity index is 1.59. The van der Waals surface area contributed by atoms with E-state index in [-0.39, 0.29) is 18.0 Å². The number of fused-ring (bicyclic) bond motifs is 3. The molecule has 2 fully saturated rings. The van der Waals surface area contributed by atoms with Crippen LogP contribution in [0.4, 0.5) is 0 Å². The van der Waals surface area contributed by atoms with Crippen LogP contribution in [0, 0.1) is 13.8 Å².